The predicted octanol–water partition coefficient (Wildman–Crippen LogP) is 3.53. The van der Waals surface area contributed by atoms with Crippen molar-refractivity contribution in [3.63, 3.8) is 0 Å². The molecule has 0 radical (unpaired) electrons. The molecule has 0 bridgehead atoms. The minimum absolute atomic E-state index is 0.0281. The summed E-state index contributed by atoms with van der Waals surface area (Å²) in [7, 11) is 0. The number of carbonyl (C=O) groups excluding carboxylic acids is 1. The first-order valence-corrected chi connectivity index (χ1v) is 9.09. The van der Waals surface area contributed by atoms with Crippen molar-refractivity contribution in [2.75, 3.05) is 26.2 Å². The molecule has 2 aromatic heterocycles. The number of rotatable bonds is 3. The molecule has 3 rings (SSSR count). The molecule has 0 atom stereocenters. The second kappa shape index (κ2) is 7.04. The molecule has 1 saturated heterocycles. The summed E-state index contributed by atoms with van der Waals surface area (Å²) < 4.78 is 1.67. The first kappa shape index (κ1) is 15.9. The van der Waals surface area contributed by atoms with E-state index in [0.29, 0.717) is 10.2 Å². The molecule has 4 nitrogen and oxygen atoms in total. The number of halogens is 1. The Balaban J connectivity index is 1.58. The van der Waals surface area contributed by atoms with Gasteiger partial charge < -0.3 is 9.88 Å². The van der Waals surface area contributed by atoms with Crippen molar-refractivity contribution in [1.29, 1.82) is 0 Å². The van der Waals surface area contributed by atoms with Crippen LogP contribution in [0.4, 0.5) is 0 Å². The zero-order valence-corrected chi connectivity index (χ0v) is 15.1. The number of thiophene rings is 1. The molecule has 2 aromatic rings. The van der Waals surface area contributed by atoms with Crippen molar-refractivity contribution in [1.82, 2.24) is 14.8 Å². The summed E-state index contributed by atoms with van der Waals surface area (Å²) in [6, 6.07) is 7.83. The van der Waals surface area contributed by atoms with Gasteiger partial charge in [-0.3, -0.25) is 9.69 Å². The Morgan fingerprint density at radius 2 is 2.05 bits per heavy atom. The minimum Gasteiger partial charge on any atom is -0.352 e. The highest BCUT2D eigenvalue weighted by Crippen LogP contribution is 2.23. The maximum atomic E-state index is 12.5. The number of amides is 1. The normalized spacial score (nSPS) is 16.0. The lowest BCUT2D eigenvalue weighted by Crippen LogP contribution is -2.48. The van der Waals surface area contributed by atoms with E-state index >= 15 is 0 Å². The van der Waals surface area contributed by atoms with Gasteiger partial charge in [0.05, 0.1) is 9.35 Å². The van der Waals surface area contributed by atoms with E-state index in [4.69, 9.17) is 12.2 Å². The van der Waals surface area contributed by atoms with Gasteiger partial charge in [-0.25, -0.2) is 0 Å². The van der Waals surface area contributed by atoms with Crippen molar-refractivity contribution in [2.45, 2.75) is 6.54 Å². The third-order valence-corrected chi connectivity index (χ3v) is 5.66. The third-order valence-electron chi connectivity index (χ3n) is 3.72. The van der Waals surface area contributed by atoms with Gasteiger partial charge in [-0.2, -0.15) is 0 Å². The lowest BCUT2D eigenvalue weighted by Gasteiger charge is -2.34. The SMILES string of the molecule is O=C(c1ccc[nH]c1=S)N1CCN(Cc2ccc(Br)s2)CC1. The van der Waals surface area contributed by atoms with Gasteiger partial charge in [0.15, 0.2) is 0 Å². The molecule has 0 unspecified atom stereocenters. The van der Waals surface area contributed by atoms with Crippen molar-refractivity contribution >= 4 is 45.4 Å². The van der Waals surface area contributed by atoms with Gasteiger partial charge in [-0.1, -0.05) is 12.2 Å². The highest BCUT2D eigenvalue weighted by Gasteiger charge is 2.23. The number of aromatic amines is 1. The Hall–Kier alpha value is -1.02. The lowest BCUT2D eigenvalue weighted by molar-refractivity contribution is 0.0628. The van der Waals surface area contributed by atoms with Gasteiger partial charge in [0.25, 0.3) is 5.91 Å². The van der Waals surface area contributed by atoms with Crippen LogP contribution in [0.5, 0.6) is 0 Å². The number of carbonyl (C=O) groups is 1. The minimum atomic E-state index is 0.0281. The van der Waals surface area contributed by atoms with Crippen molar-refractivity contribution in [3.8, 4) is 0 Å². The summed E-state index contributed by atoms with van der Waals surface area (Å²) >= 11 is 10.4. The molecular formula is C15H16BrN3OS2. The van der Waals surface area contributed by atoms with Crippen LogP contribution in [0.1, 0.15) is 15.2 Å². The Bertz CT molecular complexity index is 719. The quantitative estimate of drug-likeness (QED) is 0.805. The number of hydrogen-bond donors (Lipinski definition) is 1. The second-order valence-corrected chi connectivity index (χ2v) is 8.14. The number of hydrogen-bond acceptors (Lipinski definition) is 4. The summed E-state index contributed by atoms with van der Waals surface area (Å²) in [6.45, 7) is 4.23. The monoisotopic (exact) mass is 397 g/mol. The smallest absolute Gasteiger partial charge is 0.256 e. The molecule has 1 amide bonds. The predicted molar refractivity (Wildman–Crippen MR) is 94.8 cm³/mol. The molecule has 116 valence electrons. The molecule has 0 saturated carbocycles. The maximum absolute atomic E-state index is 12.5. The van der Waals surface area contributed by atoms with Crippen molar-refractivity contribution in [3.05, 3.63) is 49.3 Å². The van der Waals surface area contributed by atoms with E-state index < -0.39 is 0 Å². The van der Waals surface area contributed by atoms with E-state index in [-0.39, 0.29) is 5.91 Å². The third kappa shape index (κ3) is 3.65. The molecule has 22 heavy (non-hydrogen) atoms. The average molecular weight is 398 g/mol. The zero-order valence-electron chi connectivity index (χ0n) is 11.9. The van der Waals surface area contributed by atoms with Gasteiger partial charge in [0.2, 0.25) is 0 Å². The molecule has 0 aromatic carbocycles. The number of piperazine rings is 1. The molecule has 1 fully saturated rings. The number of nitrogens with one attached hydrogen (secondary N) is 1. The Morgan fingerprint density at radius 1 is 1.27 bits per heavy atom. The first-order valence-electron chi connectivity index (χ1n) is 7.07. The number of nitrogens with zero attached hydrogens (tertiary/aromatic N) is 2. The van der Waals surface area contributed by atoms with Gasteiger partial charge >= 0.3 is 0 Å². The number of H-pyrrole nitrogens is 1. The molecular weight excluding hydrogens is 382 g/mol. The van der Waals surface area contributed by atoms with E-state index in [1.807, 2.05) is 11.0 Å². The fraction of sp³-hybridized carbons (Fsp3) is 0.333. The van der Waals surface area contributed by atoms with E-state index in [1.165, 1.54) is 4.88 Å². The zero-order chi connectivity index (χ0) is 15.5. The van der Waals surface area contributed by atoms with Gasteiger partial charge in [-0.05, 0) is 40.2 Å². The molecule has 1 N–H and O–H groups in total. The summed E-state index contributed by atoms with van der Waals surface area (Å²) in [6.07, 6.45) is 1.75. The highest BCUT2D eigenvalue weighted by molar-refractivity contribution is 9.11. The summed E-state index contributed by atoms with van der Waals surface area (Å²) in [5, 5.41) is 0. The molecule has 3 heterocycles. The largest absolute Gasteiger partial charge is 0.352 e. The van der Waals surface area contributed by atoms with Gasteiger partial charge in [-0.15, -0.1) is 11.3 Å². The fourth-order valence-electron chi connectivity index (χ4n) is 2.53. The van der Waals surface area contributed by atoms with Crippen LogP contribution >= 0.6 is 39.5 Å². The van der Waals surface area contributed by atoms with Crippen LogP contribution in [0.3, 0.4) is 0 Å². The Morgan fingerprint density at radius 3 is 2.68 bits per heavy atom. The maximum Gasteiger partial charge on any atom is 0.256 e. The molecule has 1 aliphatic rings. The van der Waals surface area contributed by atoms with Crippen LogP contribution in [0.15, 0.2) is 34.2 Å². The van der Waals surface area contributed by atoms with Crippen molar-refractivity contribution in [2.24, 2.45) is 0 Å². The van der Waals surface area contributed by atoms with Crippen LogP contribution in [-0.4, -0.2) is 46.9 Å². The van der Waals surface area contributed by atoms with Crippen LogP contribution in [0.25, 0.3) is 0 Å². The first-order chi connectivity index (χ1) is 10.6. The van der Waals surface area contributed by atoms with Gasteiger partial charge in [0, 0.05) is 43.8 Å². The number of aromatic nitrogens is 1. The topological polar surface area (TPSA) is 39.3 Å². The Kier molecular flexibility index (Phi) is 5.07. The average Bonchev–Trinajstić information content (AvgIpc) is 2.93. The summed E-state index contributed by atoms with van der Waals surface area (Å²) in [4.78, 5) is 21.0. The standard InChI is InChI=1S/C15H16BrN3OS2/c16-13-4-3-11(22-13)10-18-6-8-19(9-7-18)15(20)12-2-1-5-17-14(12)21/h1-5H,6-10H2,(H,17,21). The van der Waals surface area contributed by atoms with Crippen LogP contribution in [-0.2, 0) is 6.54 Å². The van der Waals surface area contributed by atoms with Gasteiger partial charge in [0.1, 0.15) is 4.64 Å². The Labute approximate surface area is 146 Å². The highest BCUT2D eigenvalue weighted by atomic mass is 79.9. The van der Waals surface area contributed by atoms with Crippen LogP contribution in [0.2, 0.25) is 0 Å². The molecule has 7 heteroatoms. The second-order valence-electron chi connectivity index (χ2n) is 5.19. The van der Waals surface area contributed by atoms with E-state index in [1.54, 1.807) is 23.6 Å². The van der Waals surface area contributed by atoms with E-state index in [2.05, 4.69) is 37.9 Å². The lowest BCUT2D eigenvalue weighted by atomic mass is 10.2. The van der Waals surface area contributed by atoms with Crippen LogP contribution in [0, 0.1) is 4.64 Å². The molecule has 1 aliphatic heterocycles. The summed E-state index contributed by atoms with van der Waals surface area (Å²) in [5.74, 6) is 0.0281. The summed E-state index contributed by atoms with van der Waals surface area (Å²) in [5.41, 5.74) is 0.591. The van der Waals surface area contributed by atoms with E-state index in [0.717, 1.165) is 36.5 Å². The van der Waals surface area contributed by atoms with E-state index in [9.17, 15) is 4.79 Å². The molecule has 0 spiro atoms. The molecule has 0 aliphatic carbocycles. The van der Waals surface area contributed by atoms with Crippen molar-refractivity contribution < 1.29 is 4.79 Å². The van der Waals surface area contributed by atoms with Crippen LogP contribution < -0.4 is 0 Å². The number of pyridine rings is 1. The fourth-order valence-corrected chi connectivity index (χ4v) is 4.28.